The third-order valence-electron chi connectivity index (χ3n) is 1.88. The highest BCUT2D eigenvalue weighted by Gasteiger charge is 1.86. The van der Waals surface area contributed by atoms with E-state index in [1.165, 1.54) is 4.90 Å². The molecule has 0 saturated carbocycles. The SMILES string of the molecule is CSc1ccc(Br)cc1.Sc1ccc(Br)cc1. The molecule has 0 spiro atoms. The van der Waals surface area contributed by atoms with Crippen molar-refractivity contribution >= 4 is 56.3 Å². The highest BCUT2D eigenvalue weighted by atomic mass is 79.9. The van der Waals surface area contributed by atoms with Gasteiger partial charge in [0.1, 0.15) is 0 Å². The van der Waals surface area contributed by atoms with Crippen LogP contribution in [0.1, 0.15) is 0 Å². The molecule has 0 saturated heterocycles. The molecule has 0 aromatic heterocycles. The summed E-state index contributed by atoms with van der Waals surface area (Å²) in [6, 6.07) is 16.1. The van der Waals surface area contributed by atoms with Crippen LogP contribution < -0.4 is 0 Å². The first-order valence-electron chi connectivity index (χ1n) is 4.86. The summed E-state index contributed by atoms with van der Waals surface area (Å²) in [5.74, 6) is 0. The van der Waals surface area contributed by atoms with E-state index in [0.717, 1.165) is 13.8 Å². The smallest absolute Gasteiger partial charge is 0.0176 e. The van der Waals surface area contributed by atoms with Crippen molar-refractivity contribution in [3.63, 3.8) is 0 Å². The second-order valence-electron chi connectivity index (χ2n) is 3.13. The molecule has 2 rings (SSSR count). The van der Waals surface area contributed by atoms with Crippen LogP contribution in [-0.2, 0) is 0 Å². The molecule has 0 atom stereocenters. The molecular weight excluding hydrogens is 380 g/mol. The van der Waals surface area contributed by atoms with Gasteiger partial charge in [-0.05, 0) is 54.8 Å². The predicted molar refractivity (Wildman–Crippen MR) is 87.3 cm³/mol. The van der Waals surface area contributed by atoms with Gasteiger partial charge in [-0.1, -0.05) is 31.9 Å². The van der Waals surface area contributed by atoms with Crippen LogP contribution in [0.15, 0.2) is 67.3 Å². The summed E-state index contributed by atoms with van der Waals surface area (Å²) >= 11 is 12.5. The largest absolute Gasteiger partial charge is 0.143 e. The normalized spacial score (nSPS) is 9.41. The number of thiol groups is 1. The Hall–Kier alpha value is 0.1000. The number of rotatable bonds is 1. The number of hydrogen-bond donors (Lipinski definition) is 1. The zero-order chi connectivity index (χ0) is 12.7. The van der Waals surface area contributed by atoms with E-state index in [4.69, 9.17) is 0 Å². The van der Waals surface area contributed by atoms with Gasteiger partial charge in [-0.3, -0.25) is 0 Å². The Morgan fingerprint density at radius 2 is 1.24 bits per heavy atom. The molecule has 2 aromatic rings. The fourth-order valence-corrected chi connectivity index (χ4v) is 2.10. The van der Waals surface area contributed by atoms with Crippen molar-refractivity contribution in [2.45, 2.75) is 9.79 Å². The number of benzene rings is 2. The van der Waals surface area contributed by atoms with Crippen molar-refractivity contribution in [1.82, 2.24) is 0 Å². The Balaban J connectivity index is 0.000000171. The van der Waals surface area contributed by atoms with Crippen LogP contribution in [0.4, 0.5) is 0 Å². The van der Waals surface area contributed by atoms with Crippen LogP contribution in [0.2, 0.25) is 0 Å². The molecule has 0 bridgehead atoms. The molecule has 0 unspecified atom stereocenters. The van der Waals surface area contributed by atoms with Crippen LogP contribution in [-0.4, -0.2) is 6.26 Å². The molecule has 0 amide bonds. The lowest BCUT2D eigenvalue weighted by molar-refractivity contribution is 1.45. The summed E-state index contributed by atoms with van der Waals surface area (Å²) in [6.45, 7) is 0. The first-order chi connectivity index (χ1) is 8.11. The molecule has 0 N–H and O–H groups in total. The summed E-state index contributed by atoms with van der Waals surface area (Å²) in [4.78, 5) is 2.30. The fourth-order valence-electron chi connectivity index (χ4n) is 1.01. The van der Waals surface area contributed by atoms with Gasteiger partial charge in [0.05, 0.1) is 0 Å². The first kappa shape index (κ1) is 15.2. The summed E-state index contributed by atoms with van der Waals surface area (Å²) in [7, 11) is 0. The van der Waals surface area contributed by atoms with Crippen molar-refractivity contribution in [3.05, 3.63) is 57.5 Å². The maximum atomic E-state index is 4.11. The topological polar surface area (TPSA) is 0 Å². The minimum absolute atomic E-state index is 0.994. The lowest BCUT2D eigenvalue weighted by Crippen LogP contribution is -1.66. The predicted octanol–water partition coefficient (Wildman–Crippen LogP) is 5.91. The lowest BCUT2D eigenvalue weighted by Gasteiger charge is -1.92. The molecule has 4 heteroatoms. The highest BCUT2D eigenvalue weighted by molar-refractivity contribution is 9.10. The maximum Gasteiger partial charge on any atom is 0.0176 e. The van der Waals surface area contributed by atoms with Gasteiger partial charge < -0.3 is 0 Å². The standard InChI is InChI=1S/C7H7BrS.C6H5BrS/c1-9-7-4-2-6(8)3-5-7;7-5-1-3-6(8)4-2-5/h2-5H,1H3;1-4,8H. The van der Waals surface area contributed by atoms with Gasteiger partial charge in [0, 0.05) is 18.7 Å². The minimum atomic E-state index is 0.994. The molecule has 0 fully saturated rings. The molecular formula is C13H12Br2S2. The number of halogens is 2. The van der Waals surface area contributed by atoms with Crippen LogP contribution >= 0.6 is 56.3 Å². The second-order valence-corrected chi connectivity index (χ2v) is 6.36. The van der Waals surface area contributed by atoms with Crippen molar-refractivity contribution < 1.29 is 0 Å². The zero-order valence-electron chi connectivity index (χ0n) is 9.23. The van der Waals surface area contributed by atoms with E-state index in [2.05, 4.69) is 62.9 Å². The summed E-state index contributed by atoms with van der Waals surface area (Å²) in [6.07, 6.45) is 2.07. The van der Waals surface area contributed by atoms with Crippen molar-refractivity contribution in [2.24, 2.45) is 0 Å². The van der Waals surface area contributed by atoms with Gasteiger partial charge in [0.25, 0.3) is 0 Å². The van der Waals surface area contributed by atoms with E-state index in [1.807, 2.05) is 36.4 Å². The highest BCUT2D eigenvalue weighted by Crippen LogP contribution is 2.17. The summed E-state index contributed by atoms with van der Waals surface area (Å²) in [5, 5.41) is 0. The van der Waals surface area contributed by atoms with Gasteiger partial charge in [0.15, 0.2) is 0 Å². The van der Waals surface area contributed by atoms with E-state index in [1.54, 1.807) is 11.8 Å². The lowest BCUT2D eigenvalue weighted by atomic mass is 10.4. The van der Waals surface area contributed by atoms with E-state index < -0.39 is 0 Å². The number of hydrogen-bond acceptors (Lipinski definition) is 2. The monoisotopic (exact) mass is 390 g/mol. The average molecular weight is 392 g/mol. The van der Waals surface area contributed by atoms with Crippen LogP contribution in [0.3, 0.4) is 0 Å². The first-order valence-corrected chi connectivity index (χ1v) is 8.11. The van der Waals surface area contributed by atoms with E-state index in [9.17, 15) is 0 Å². The Morgan fingerprint density at radius 1 is 0.824 bits per heavy atom. The zero-order valence-corrected chi connectivity index (χ0v) is 14.1. The molecule has 0 radical (unpaired) electrons. The molecule has 90 valence electrons. The Labute approximate surface area is 129 Å². The van der Waals surface area contributed by atoms with Gasteiger partial charge in [0.2, 0.25) is 0 Å². The third kappa shape index (κ3) is 6.55. The Morgan fingerprint density at radius 3 is 1.59 bits per heavy atom. The summed E-state index contributed by atoms with van der Waals surface area (Å²) in [5.41, 5.74) is 0. The van der Waals surface area contributed by atoms with E-state index >= 15 is 0 Å². The second kappa shape index (κ2) is 8.25. The van der Waals surface area contributed by atoms with E-state index in [-0.39, 0.29) is 0 Å². The van der Waals surface area contributed by atoms with Gasteiger partial charge in [-0.25, -0.2) is 0 Å². The molecule has 0 aliphatic heterocycles. The number of thioether (sulfide) groups is 1. The fraction of sp³-hybridized carbons (Fsp3) is 0.0769. The van der Waals surface area contributed by atoms with Crippen molar-refractivity contribution in [2.75, 3.05) is 6.26 Å². The van der Waals surface area contributed by atoms with Crippen LogP contribution in [0.25, 0.3) is 0 Å². The maximum absolute atomic E-state index is 4.11. The molecule has 0 aliphatic rings. The Bertz CT molecular complexity index is 417. The van der Waals surface area contributed by atoms with Crippen LogP contribution in [0.5, 0.6) is 0 Å². The quantitative estimate of drug-likeness (QED) is 0.465. The van der Waals surface area contributed by atoms with Crippen molar-refractivity contribution in [1.29, 1.82) is 0 Å². The molecule has 17 heavy (non-hydrogen) atoms. The summed E-state index contributed by atoms with van der Waals surface area (Å²) < 4.78 is 2.23. The third-order valence-corrected chi connectivity index (χ3v) is 3.98. The average Bonchev–Trinajstić information content (AvgIpc) is 2.35. The van der Waals surface area contributed by atoms with E-state index in [0.29, 0.717) is 0 Å². The molecule has 0 nitrogen and oxygen atoms in total. The van der Waals surface area contributed by atoms with Gasteiger partial charge in [-0.15, -0.1) is 24.4 Å². The Kier molecular flexibility index (Phi) is 7.35. The van der Waals surface area contributed by atoms with Gasteiger partial charge in [-0.2, -0.15) is 0 Å². The van der Waals surface area contributed by atoms with Crippen molar-refractivity contribution in [3.8, 4) is 0 Å². The van der Waals surface area contributed by atoms with Gasteiger partial charge >= 0.3 is 0 Å². The molecule has 0 heterocycles. The molecule has 2 aromatic carbocycles. The molecule has 0 aliphatic carbocycles. The van der Waals surface area contributed by atoms with Crippen LogP contribution in [0, 0.1) is 0 Å². The minimum Gasteiger partial charge on any atom is -0.143 e.